The monoisotopic (exact) mass is 327 g/mol. The minimum absolute atomic E-state index is 1.02. The van der Waals surface area contributed by atoms with Crippen LogP contribution in [0.2, 0.25) is 0 Å². The molecule has 2 rings (SSSR count). The predicted octanol–water partition coefficient (Wildman–Crippen LogP) is 4.71. The molecule has 0 amide bonds. The van der Waals surface area contributed by atoms with Gasteiger partial charge in [0.05, 0.1) is 5.52 Å². The average molecular weight is 329 g/mol. The number of nitrogens with zero attached hydrogens (tertiary/aromatic N) is 1. The third kappa shape index (κ3) is 2.23. The van der Waals surface area contributed by atoms with Crippen molar-refractivity contribution in [2.45, 2.75) is 19.8 Å². The number of pyridine rings is 1. The van der Waals surface area contributed by atoms with Crippen LogP contribution < -0.4 is 0 Å². The van der Waals surface area contributed by atoms with Crippen molar-refractivity contribution in [1.82, 2.24) is 4.98 Å². The summed E-state index contributed by atoms with van der Waals surface area (Å²) in [5.41, 5.74) is 2.18. The summed E-state index contributed by atoms with van der Waals surface area (Å²) < 4.78 is 2.18. The van der Waals surface area contributed by atoms with Crippen LogP contribution in [0.3, 0.4) is 0 Å². The average Bonchev–Trinajstić information content (AvgIpc) is 2.20. The molecule has 0 aliphatic carbocycles. The molecule has 1 aromatic heterocycles. The Morgan fingerprint density at radius 1 is 1.20 bits per heavy atom. The fourth-order valence-corrected chi connectivity index (χ4v) is 2.64. The molecular weight excluding hydrogens is 318 g/mol. The molecule has 0 fully saturated rings. The fourth-order valence-electron chi connectivity index (χ4n) is 1.61. The Kier molecular flexibility index (Phi) is 3.42. The molecule has 2 aromatic rings. The van der Waals surface area contributed by atoms with Gasteiger partial charge in [-0.3, -0.25) is 4.98 Å². The molecule has 15 heavy (non-hydrogen) atoms. The molecule has 0 N–H and O–H groups in total. The van der Waals surface area contributed by atoms with Gasteiger partial charge in [-0.05, 0) is 34.5 Å². The highest BCUT2D eigenvalue weighted by Crippen LogP contribution is 2.28. The van der Waals surface area contributed by atoms with Crippen molar-refractivity contribution < 1.29 is 0 Å². The molecule has 78 valence electrons. The number of aryl methyl sites for hydroxylation is 1. The zero-order chi connectivity index (χ0) is 10.8. The zero-order valence-electron chi connectivity index (χ0n) is 8.43. The van der Waals surface area contributed by atoms with Gasteiger partial charge in [-0.1, -0.05) is 41.4 Å². The normalized spacial score (nSPS) is 10.9. The Morgan fingerprint density at radius 2 is 2.00 bits per heavy atom. The van der Waals surface area contributed by atoms with E-state index in [9.17, 15) is 0 Å². The lowest BCUT2D eigenvalue weighted by atomic mass is 10.1. The Hall–Kier alpha value is -0.410. The lowest BCUT2D eigenvalue weighted by Gasteiger charge is -2.05. The van der Waals surface area contributed by atoms with Crippen molar-refractivity contribution in [2.24, 2.45) is 0 Å². The van der Waals surface area contributed by atoms with E-state index in [1.807, 2.05) is 12.1 Å². The minimum atomic E-state index is 1.02. The first kappa shape index (κ1) is 11.1. The van der Waals surface area contributed by atoms with Gasteiger partial charge in [-0.25, -0.2) is 0 Å². The van der Waals surface area contributed by atoms with E-state index in [2.05, 4.69) is 55.9 Å². The summed E-state index contributed by atoms with van der Waals surface area (Å²) in [6, 6.07) is 8.24. The first-order chi connectivity index (χ1) is 7.22. The lowest BCUT2D eigenvalue weighted by molar-refractivity contribution is 0.888. The third-order valence-corrected chi connectivity index (χ3v) is 3.59. The quantitative estimate of drug-likeness (QED) is 0.777. The van der Waals surface area contributed by atoms with Crippen LogP contribution in [0, 0.1) is 0 Å². The van der Waals surface area contributed by atoms with Gasteiger partial charge in [-0.2, -0.15) is 0 Å². The minimum Gasteiger partial charge on any atom is -0.252 e. The number of para-hydroxylation sites is 1. The molecule has 1 heterocycles. The number of benzene rings is 1. The molecule has 0 spiro atoms. The van der Waals surface area contributed by atoms with Gasteiger partial charge in [0.1, 0.15) is 0 Å². The first-order valence-corrected chi connectivity index (χ1v) is 6.54. The summed E-state index contributed by atoms with van der Waals surface area (Å²) >= 11 is 7.12. The summed E-state index contributed by atoms with van der Waals surface area (Å²) in [7, 11) is 0. The summed E-state index contributed by atoms with van der Waals surface area (Å²) in [5, 5.41) is 1.16. The number of rotatable bonds is 2. The summed E-state index contributed by atoms with van der Waals surface area (Å²) in [6.45, 7) is 2.17. The SMILES string of the molecule is CCCc1cc(Br)c2cccc(Br)c2n1. The van der Waals surface area contributed by atoms with Gasteiger partial charge in [0, 0.05) is 20.0 Å². The van der Waals surface area contributed by atoms with Crippen molar-refractivity contribution in [3.8, 4) is 0 Å². The van der Waals surface area contributed by atoms with E-state index in [-0.39, 0.29) is 0 Å². The first-order valence-electron chi connectivity index (χ1n) is 4.96. The number of hydrogen-bond acceptors (Lipinski definition) is 1. The van der Waals surface area contributed by atoms with Crippen molar-refractivity contribution in [3.05, 3.63) is 38.9 Å². The molecule has 0 saturated carbocycles. The molecule has 0 saturated heterocycles. The highest BCUT2D eigenvalue weighted by Gasteiger charge is 2.05. The number of fused-ring (bicyclic) bond motifs is 1. The molecule has 3 heteroatoms. The molecule has 1 aromatic carbocycles. The highest BCUT2D eigenvalue weighted by molar-refractivity contribution is 9.11. The Morgan fingerprint density at radius 3 is 2.73 bits per heavy atom. The fraction of sp³-hybridized carbons (Fsp3) is 0.250. The molecular formula is C12H11Br2N. The van der Waals surface area contributed by atoms with Gasteiger partial charge in [-0.15, -0.1) is 0 Å². The van der Waals surface area contributed by atoms with Gasteiger partial charge >= 0.3 is 0 Å². The maximum atomic E-state index is 4.65. The predicted molar refractivity (Wildman–Crippen MR) is 71.1 cm³/mol. The van der Waals surface area contributed by atoms with Gasteiger partial charge in [0.15, 0.2) is 0 Å². The van der Waals surface area contributed by atoms with Crippen LogP contribution in [-0.2, 0) is 6.42 Å². The molecule has 0 aliphatic heterocycles. The second-order valence-electron chi connectivity index (χ2n) is 3.48. The Bertz CT molecular complexity index is 494. The van der Waals surface area contributed by atoms with E-state index in [4.69, 9.17) is 0 Å². The van der Waals surface area contributed by atoms with Crippen LogP contribution in [0.1, 0.15) is 19.0 Å². The molecule has 1 nitrogen and oxygen atoms in total. The highest BCUT2D eigenvalue weighted by atomic mass is 79.9. The van der Waals surface area contributed by atoms with Crippen LogP contribution in [0.5, 0.6) is 0 Å². The van der Waals surface area contributed by atoms with Crippen molar-refractivity contribution in [1.29, 1.82) is 0 Å². The van der Waals surface area contributed by atoms with Gasteiger partial charge < -0.3 is 0 Å². The largest absolute Gasteiger partial charge is 0.252 e. The van der Waals surface area contributed by atoms with E-state index in [1.165, 1.54) is 0 Å². The van der Waals surface area contributed by atoms with Crippen LogP contribution in [0.4, 0.5) is 0 Å². The number of aromatic nitrogens is 1. The van der Waals surface area contributed by atoms with Crippen LogP contribution >= 0.6 is 31.9 Å². The van der Waals surface area contributed by atoms with Crippen molar-refractivity contribution in [2.75, 3.05) is 0 Å². The van der Waals surface area contributed by atoms with E-state index in [0.29, 0.717) is 0 Å². The van der Waals surface area contributed by atoms with E-state index >= 15 is 0 Å². The second-order valence-corrected chi connectivity index (χ2v) is 5.19. The second kappa shape index (κ2) is 4.62. The third-order valence-electron chi connectivity index (χ3n) is 2.30. The Balaban J connectivity index is 2.68. The van der Waals surface area contributed by atoms with E-state index < -0.39 is 0 Å². The lowest BCUT2D eigenvalue weighted by Crippen LogP contribution is -1.91. The summed E-state index contributed by atoms with van der Waals surface area (Å²) in [4.78, 5) is 4.65. The van der Waals surface area contributed by atoms with Crippen LogP contribution in [0.15, 0.2) is 33.2 Å². The standard InChI is InChI=1S/C12H11Br2N/c1-2-4-8-7-11(14)9-5-3-6-10(13)12(9)15-8/h3,5-7H,2,4H2,1H3. The maximum absolute atomic E-state index is 4.65. The molecule has 0 bridgehead atoms. The number of hydrogen-bond donors (Lipinski definition) is 0. The summed E-state index contributed by atoms with van der Waals surface area (Å²) in [5.74, 6) is 0. The molecule has 0 atom stereocenters. The van der Waals surface area contributed by atoms with Gasteiger partial charge in [0.2, 0.25) is 0 Å². The molecule has 0 unspecified atom stereocenters. The zero-order valence-corrected chi connectivity index (χ0v) is 11.6. The van der Waals surface area contributed by atoms with Gasteiger partial charge in [0.25, 0.3) is 0 Å². The van der Waals surface area contributed by atoms with E-state index in [1.54, 1.807) is 0 Å². The van der Waals surface area contributed by atoms with Crippen molar-refractivity contribution >= 4 is 42.8 Å². The van der Waals surface area contributed by atoms with Crippen molar-refractivity contribution in [3.63, 3.8) is 0 Å². The maximum Gasteiger partial charge on any atom is 0.0858 e. The Labute approximate surface area is 106 Å². The molecule has 0 radical (unpaired) electrons. The molecule has 0 aliphatic rings. The van der Waals surface area contributed by atoms with Crippen LogP contribution in [-0.4, -0.2) is 4.98 Å². The smallest absolute Gasteiger partial charge is 0.0858 e. The summed E-state index contributed by atoms with van der Waals surface area (Å²) in [6.07, 6.45) is 2.14. The number of halogens is 2. The van der Waals surface area contributed by atoms with Crippen LogP contribution in [0.25, 0.3) is 10.9 Å². The van der Waals surface area contributed by atoms with E-state index in [0.717, 1.165) is 38.4 Å². The topological polar surface area (TPSA) is 12.9 Å².